The van der Waals surface area contributed by atoms with Crippen LogP contribution in [0.4, 0.5) is 0 Å². The first-order valence-electron chi connectivity index (χ1n) is 6.51. The number of aliphatic carboxylic acids is 1. The fourth-order valence-corrected chi connectivity index (χ4v) is 3.22. The van der Waals surface area contributed by atoms with Crippen LogP contribution >= 0.6 is 23.1 Å². The molecule has 20 heavy (non-hydrogen) atoms. The van der Waals surface area contributed by atoms with Crippen LogP contribution in [0.2, 0.25) is 0 Å². The highest BCUT2D eigenvalue weighted by Gasteiger charge is 2.15. The number of thioether (sulfide) groups is 1. The van der Waals surface area contributed by atoms with E-state index in [0.717, 1.165) is 17.1 Å². The molecule has 0 saturated carbocycles. The summed E-state index contributed by atoms with van der Waals surface area (Å²) in [6.07, 6.45) is 1.52. The highest BCUT2D eigenvalue weighted by atomic mass is 32.2. The first-order valence-corrected chi connectivity index (χ1v) is 8.54. The highest BCUT2D eigenvalue weighted by molar-refractivity contribution is 7.99. The normalized spacial score (nSPS) is 12.1. The molecule has 1 aromatic heterocycles. The van der Waals surface area contributed by atoms with Crippen molar-refractivity contribution in [2.45, 2.75) is 44.9 Å². The Morgan fingerprint density at radius 2 is 2.30 bits per heavy atom. The van der Waals surface area contributed by atoms with E-state index >= 15 is 0 Å². The van der Waals surface area contributed by atoms with Gasteiger partial charge in [0.25, 0.3) is 0 Å². The lowest BCUT2D eigenvalue weighted by Gasteiger charge is -2.15. The Bertz CT molecular complexity index is 449. The van der Waals surface area contributed by atoms with E-state index in [2.05, 4.69) is 10.3 Å². The molecule has 0 aliphatic heterocycles. The van der Waals surface area contributed by atoms with Gasteiger partial charge in [0.1, 0.15) is 0 Å². The number of nitrogens with one attached hydrogen (secondary N) is 1. The minimum Gasteiger partial charge on any atom is -0.481 e. The van der Waals surface area contributed by atoms with Gasteiger partial charge < -0.3 is 10.4 Å². The SMILES string of the molecule is CCCC(CC(=O)O)NC(=O)CSCc1csc(C)n1. The van der Waals surface area contributed by atoms with Crippen molar-refractivity contribution in [3.05, 3.63) is 16.1 Å². The molecule has 0 saturated heterocycles. The Labute approximate surface area is 127 Å². The molecule has 0 bridgehead atoms. The van der Waals surface area contributed by atoms with Crippen molar-refractivity contribution >= 4 is 35.0 Å². The number of carbonyl (C=O) groups is 2. The second kappa shape index (κ2) is 8.97. The van der Waals surface area contributed by atoms with Gasteiger partial charge in [-0.15, -0.1) is 23.1 Å². The summed E-state index contributed by atoms with van der Waals surface area (Å²) in [5, 5.41) is 14.6. The Hall–Kier alpha value is -1.08. The van der Waals surface area contributed by atoms with E-state index in [4.69, 9.17) is 5.11 Å². The van der Waals surface area contributed by atoms with Crippen molar-refractivity contribution < 1.29 is 14.7 Å². The van der Waals surface area contributed by atoms with Gasteiger partial charge in [0.2, 0.25) is 5.91 Å². The molecule has 1 rings (SSSR count). The number of carbonyl (C=O) groups excluding carboxylic acids is 1. The van der Waals surface area contributed by atoms with Gasteiger partial charge in [0.15, 0.2) is 0 Å². The average molecular weight is 316 g/mol. The Balaban J connectivity index is 2.28. The fraction of sp³-hybridized carbons (Fsp3) is 0.615. The summed E-state index contributed by atoms with van der Waals surface area (Å²) in [5.74, 6) is 0.0435. The molecular weight excluding hydrogens is 296 g/mol. The number of hydrogen-bond donors (Lipinski definition) is 2. The number of aromatic nitrogens is 1. The topological polar surface area (TPSA) is 79.3 Å². The number of rotatable bonds is 9. The van der Waals surface area contributed by atoms with Crippen LogP contribution in [0.5, 0.6) is 0 Å². The molecule has 2 N–H and O–H groups in total. The quantitative estimate of drug-likeness (QED) is 0.731. The highest BCUT2D eigenvalue weighted by Crippen LogP contribution is 2.15. The molecule has 7 heteroatoms. The maximum Gasteiger partial charge on any atom is 0.305 e. The zero-order valence-corrected chi connectivity index (χ0v) is 13.4. The molecule has 0 radical (unpaired) electrons. The predicted octanol–water partition coefficient (Wildman–Crippen LogP) is 2.44. The third kappa shape index (κ3) is 6.91. The molecule has 0 aromatic carbocycles. The van der Waals surface area contributed by atoms with Crippen molar-refractivity contribution in [1.29, 1.82) is 0 Å². The maximum absolute atomic E-state index is 11.8. The number of thiazole rings is 1. The second-order valence-corrected chi connectivity index (χ2v) is 6.55. The van der Waals surface area contributed by atoms with Crippen molar-refractivity contribution in [2.24, 2.45) is 0 Å². The molecule has 112 valence electrons. The lowest BCUT2D eigenvalue weighted by molar-refractivity contribution is -0.137. The van der Waals surface area contributed by atoms with E-state index in [9.17, 15) is 9.59 Å². The molecule has 0 aliphatic carbocycles. The maximum atomic E-state index is 11.8. The number of aryl methyl sites for hydroxylation is 1. The average Bonchev–Trinajstić information content (AvgIpc) is 2.74. The number of carboxylic acid groups (broad SMARTS) is 1. The molecule has 0 spiro atoms. The van der Waals surface area contributed by atoms with E-state index < -0.39 is 5.97 Å². The number of amides is 1. The lowest BCUT2D eigenvalue weighted by atomic mass is 10.1. The molecule has 1 aromatic rings. The first kappa shape index (κ1) is 17.0. The zero-order chi connectivity index (χ0) is 15.0. The second-order valence-electron chi connectivity index (χ2n) is 4.50. The van der Waals surface area contributed by atoms with Gasteiger partial charge in [-0.2, -0.15) is 0 Å². The number of hydrogen-bond acceptors (Lipinski definition) is 5. The van der Waals surface area contributed by atoms with Crippen LogP contribution in [-0.4, -0.2) is 33.8 Å². The number of nitrogens with zero attached hydrogens (tertiary/aromatic N) is 1. The Morgan fingerprint density at radius 3 is 2.85 bits per heavy atom. The summed E-state index contributed by atoms with van der Waals surface area (Å²) in [4.78, 5) is 26.8. The van der Waals surface area contributed by atoms with Crippen LogP contribution < -0.4 is 5.32 Å². The third-order valence-corrected chi connectivity index (χ3v) is 4.36. The fourth-order valence-electron chi connectivity index (χ4n) is 1.78. The monoisotopic (exact) mass is 316 g/mol. The standard InChI is InChI=1S/C13H20N2O3S2/c1-3-4-10(5-13(17)18)15-12(16)8-19-6-11-7-20-9(2)14-11/h7,10H,3-6,8H2,1-2H3,(H,15,16)(H,17,18). The van der Waals surface area contributed by atoms with Crippen molar-refractivity contribution in [1.82, 2.24) is 10.3 Å². The van der Waals surface area contributed by atoms with Gasteiger partial charge in [-0.05, 0) is 13.3 Å². The van der Waals surface area contributed by atoms with Crippen LogP contribution in [0.1, 0.15) is 36.9 Å². The minimum atomic E-state index is -0.880. The van der Waals surface area contributed by atoms with Crippen molar-refractivity contribution in [3.63, 3.8) is 0 Å². The third-order valence-electron chi connectivity index (χ3n) is 2.57. The Morgan fingerprint density at radius 1 is 1.55 bits per heavy atom. The molecule has 0 fully saturated rings. The zero-order valence-electron chi connectivity index (χ0n) is 11.7. The van der Waals surface area contributed by atoms with E-state index in [1.807, 2.05) is 19.2 Å². The van der Waals surface area contributed by atoms with Crippen molar-refractivity contribution in [3.8, 4) is 0 Å². The summed E-state index contributed by atoms with van der Waals surface area (Å²) in [6, 6.07) is -0.271. The summed E-state index contributed by atoms with van der Waals surface area (Å²) in [5.41, 5.74) is 0.987. The molecule has 1 heterocycles. The molecule has 5 nitrogen and oxygen atoms in total. The summed E-state index contributed by atoms with van der Waals surface area (Å²) < 4.78 is 0. The van der Waals surface area contributed by atoms with E-state index in [0.29, 0.717) is 17.9 Å². The van der Waals surface area contributed by atoms with Crippen LogP contribution in [0.15, 0.2) is 5.38 Å². The van der Waals surface area contributed by atoms with Gasteiger partial charge in [0.05, 0.1) is 22.9 Å². The molecular formula is C13H20N2O3S2. The first-order chi connectivity index (χ1) is 9.51. The largest absolute Gasteiger partial charge is 0.481 e. The van der Waals surface area contributed by atoms with Crippen molar-refractivity contribution in [2.75, 3.05) is 5.75 Å². The van der Waals surface area contributed by atoms with Gasteiger partial charge in [0, 0.05) is 17.2 Å². The van der Waals surface area contributed by atoms with Crippen LogP contribution in [0.25, 0.3) is 0 Å². The molecule has 0 aliphatic rings. The van der Waals surface area contributed by atoms with Crippen LogP contribution in [0.3, 0.4) is 0 Å². The summed E-state index contributed by atoms with van der Waals surface area (Å²) in [7, 11) is 0. The summed E-state index contributed by atoms with van der Waals surface area (Å²) in [6.45, 7) is 3.92. The molecule has 1 amide bonds. The van der Waals surface area contributed by atoms with E-state index in [1.165, 1.54) is 11.8 Å². The molecule has 1 atom stereocenters. The van der Waals surface area contributed by atoms with Gasteiger partial charge in [-0.3, -0.25) is 9.59 Å². The van der Waals surface area contributed by atoms with Gasteiger partial charge in [-0.1, -0.05) is 13.3 Å². The predicted molar refractivity (Wildman–Crippen MR) is 82.1 cm³/mol. The van der Waals surface area contributed by atoms with Gasteiger partial charge >= 0.3 is 5.97 Å². The van der Waals surface area contributed by atoms with E-state index in [-0.39, 0.29) is 18.4 Å². The van der Waals surface area contributed by atoms with Crippen LogP contribution in [0, 0.1) is 6.92 Å². The van der Waals surface area contributed by atoms with E-state index in [1.54, 1.807) is 11.3 Å². The summed E-state index contributed by atoms with van der Waals surface area (Å²) >= 11 is 3.09. The minimum absolute atomic E-state index is 0.0183. The molecule has 1 unspecified atom stereocenters. The number of carboxylic acids is 1. The van der Waals surface area contributed by atoms with Gasteiger partial charge in [-0.25, -0.2) is 4.98 Å². The Kier molecular flexibility index (Phi) is 7.61. The smallest absolute Gasteiger partial charge is 0.305 e. The van der Waals surface area contributed by atoms with Crippen LogP contribution in [-0.2, 0) is 15.3 Å². The lowest BCUT2D eigenvalue weighted by Crippen LogP contribution is -2.37.